The minimum Gasteiger partial charge on any atom is -0.381 e. The van der Waals surface area contributed by atoms with Crippen molar-refractivity contribution in [1.29, 1.82) is 0 Å². The highest BCUT2D eigenvalue weighted by molar-refractivity contribution is 14.1. The fraction of sp³-hybridized carbons (Fsp3) is 0.500. The maximum absolute atomic E-state index is 5.58. The van der Waals surface area contributed by atoms with Gasteiger partial charge in [-0.3, -0.25) is 0 Å². The Labute approximate surface area is 132 Å². The Balaban J connectivity index is 1.97. The van der Waals surface area contributed by atoms with E-state index in [2.05, 4.69) is 57.3 Å². The number of nitrogens with one attached hydrogen (secondary N) is 1. The predicted molar refractivity (Wildman–Crippen MR) is 90.2 cm³/mol. The van der Waals surface area contributed by atoms with Gasteiger partial charge in [0.1, 0.15) is 0 Å². The molecule has 2 aromatic rings. The number of fused-ring (bicyclic) bond motifs is 1. The number of aromatic amines is 1. The van der Waals surface area contributed by atoms with Crippen LogP contribution in [0.25, 0.3) is 11.0 Å². The quantitative estimate of drug-likeness (QED) is 0.428. The van der Waals surface area contributed by atoms with Crippen LogP contribution in [0.1, 0.15) is 26.2 Å². The van der Waals surface area contributed by atoms with Crippen molar-refractivity contribution in [2.75, 3.05) is 13.2 Å². The van der Waals surface area contributed by atoms with Crippen LogP contribution in [0.4, 0.5) is 0 Å². The average molecular weight is 390 g/mol. The summed E-state index contributed by atoms with van der Waals surface area (Å²) in [6, 6.07) is 6.36. The van der Waals surface area contributed by atoms with E-state index < -0.39 is 0 Å². The van der Waals surface area contributed by atoms with Crippen LogP contribution in [0.15, 0.2) is 18.2 Å². The molecule has 2 rings (SSSR count). The van der Waals surface area contributed by atoms with E-state index in [1.54, 1.807) is 0 Å². The van der Waals surface area contributed by atoms with Gasteiger partial charge in [-0.05, 0) is 65.8 Å². The van der Waals surface area contributed by atoms with Gasteiger partial charge in [-0.15, -0.1) is 0 Å². The molecule has 0 saturated carbocycles. The van der Waals surface area contributed by atoms with Gasteiger partial charge < -0.3 is 14.3 Å². The fourth-order valence-electron chi connectivity index (χ4n) is 2.03. The number of unbranched alkanes of at least 4 members (excludes halogenated alkanes) is 1. The Morgan fingerprint density at radius 1 is 1.32 bits per heavy atom. The van der Waals surface area contributed by atoms with Crippen molar-refractivity contribution < 1.29 is 4.74 Å². The molecule has 1 aromatic carbocycles. The lowest BCUT2D eigenvalue weighted by molar-refractivity contribution is 0.126. The highest BCUT2D eigenvalue weighted by atomic mass is 127. The van der Waals surface area contributed by atoms with Gasteiger partial charge in [0.2, 0.25) is 0 Å². The molecule has 19 heavy (non-hydrogen) atoms. The van der Waals surface area contributed by atoms with Gasteiger partial charge in [-0.2, -0.15) is 0 Å². The van der Waals surface area contributed by atoms with Crippen molar-refractivity contribution >= 4 is 45.8 Å². The Morgan fingerprint density at radius 3 is 2.89 bits per heavy atom. The number of rotatable bonds is 7. The van der Waals surface area contributed by atoms with E-state index in [4.69, 9.17) is 17.0 Å². The van der Waals surface area contributed by atoms with Crippen LogP contribution in [-0.2, 0) is 11.3 Å². The van der Waals surface area contributed by atoms with Crippen molar-refractivity contribution in [2.45, 2.75) is 32.7 Å². The van der Waals surface area contributed by atoms with Crippen LogP contribution in [-0.4, -0.2) is 22.8 Å². The molecule has 0 unspecified atom stereocenters. The summed E-state index contributed by atoms with van der Waals surface area (Å²) >= 11 is 7.69. The zero-order valence-electron chi connectivity index (χ0n) is 11.1. The third-order valence-corrected chi connectivity index (χ3v) is 4.04. The first-order valence-corrected chi connectivity index (χ1v) is 8.17. The molecule has 0 radical (unpaired) electrons. The summed E-state index contributed by atoms with van der Waals surface area (Å²) in [7, 11) is 0. The molecular formula is C14H19IN2OS. The van der Waals surface area contributed by atoms with E-state index in [9.17, 15) is 0 Å². The van der Waals surface area contributed by atoms with Crippen LogP contribution >= 0.6 is 34.8 Å². The Kier molecular flexibility index (Phi) is 5.84. The second-order valence-electron chi connectivity index (χ2n) is 4.56. The lowest BCUT2D eigenvalue weighted by Gasteiger charge is -2.05. The van der Waals surface area contributed by atoms with Crippen molar-refractivity contribution in [3.8, 4) is 0 Å². The molecule has 0 aliphatic heterocycles. The van der Waals surface area contributed by atoms with Crippen LogP contribution in [0.5, 0.6) is 0 Å². The number of ether oxygens (including phenoxy) is 1. The second kappa shape index (κ2) is 7.40. The van der Waals surface area contributed by atoms with Crippen molar-refractivity contribution in [3.63, 3.8) is 0 Å². The smallest absolute Gasteiger partial charge is 0.178 e. The average Bonchev–Trinajstić information content (AvgIpc) is 2.69. The summed E-state index contributed by atoms with van der Waals surface area (Å²) in [6.07, 6.45) is 3.33. The number of imidazole rings is 1. The number of benzene rings is 1. The van der Waals surface area contributed by atoms with Gasteiger partial charge in [0, 0.05) is 23.3 Å². The standard InChI is InChI=1S/C14H19IN2OS/c1-2-3-8-18-9-4-7-17-13-6-5-11(15)10-12(13)16-14(17)19/h5-6,10H,2-4,7-9H2,1H3,(H,16,19). The Hall–Kier alpha value is -0.400. The van der Waals surface area contributed by atoms with Crippen LogP contribution in [0.2, 0.25) is 0 Å². The van der Waals surface area contributed by atoms with Crippen molar-refractivity contribution in [3.05, 3.63) is 26.5 Å². The van der Waals surface area contributed by atoms with Gasteiger partial charge in [0.15, 0.2) is 4.77 Å². The molecule has 0 fully saturated rings. The van der Waals surface area contributed by atoms with Gasteiger partial charge in [0.25, 0.3) is 0 Å². The topological polar surface area (TPSA) is 29.9 Å². The summed E-state index contributed by atoms with van der Waals surface area (Å²) in [4.78, 5) is 3.26. The Morgan fingerprint density at radius 2 is 2.11 bits per heavy atom. The summed E-state index contributed by atoms with van der Waals surface area (Å²) in [6.45, 7) is 4.76. The second-order valence-corrected chi connectivity index (χ2v) is 6.20. The van der Waals surface area contributed by atoms with E-state index in [1.165, 1.54) is 15.5 Å². The van der Waals surface area contributed by atoms with Crippen LogP contribution < -0.4 is 0 Å². The van der Waals surface area contributed by atoms with Crippen molar-refractivity contribution in [1.82, 2.24) is 9.55 Å². The number of aryl methyl sites for hydroxylation is 1. The van der Waals surface area contributed by atoms with Crippen LogP contribution in [0, 0.1) is 8.34 Å². The summed E-state index contributed by atoms with van der Waals surface area (Å²) < 4.78 is 9.76. The van der Waals surface area contributed by atoms with E-state index in [1.807, 2.05) is 0 Å². The first-order chi connectivity index (χ1) is 9.22. The molecule has 5 heteroatoms. The summed E-state index contributed by atoms with van der Waals surface area (Å²) in [5.41, 5.74) is 2.29. The minimum absolute atomic E-state index is 0.797. The number of halogens is 1. The first-order valence-electron chi connectivity index (χ1n) is 6.68. The molecule has 0 aliphatic rings. The lowest BCUT2D eigenvalue weighted by Crippen LogP contribution is -2.03. The molecule has 0 aliphatic carbocycles. The maximum Gasteiger partial charge on any atom is 0.178 e. The zero-order valence-corrected chi connectivity index (χ0v) is 14.1. The summed E-state index contributed by atoms with van der Waals surface area (Å²) in [5.74, 6) is 0. The molecule has 0 amide bonds. The number of hydrogen-bond donors (Lipinski definition) is 1. The molecule has 1 heterocycles. The third-order valence-electron chi connectivity index (χ3n) is 3.05. The highest BCUT2D eigenvalue weighted by Crippen LogP contribution is 2.17. The number of hydrogen-bond acceptors (Lipinski definition) is 2. The van der Waals surface area contributed by atoms with Crippen molar-refractivity contribution in [2.24, 2.45) is 0 Å². The van der Waals surface area contributed by atoms with Gasteiger partial charge >= 0.3 is 0 Å². The first kappa shape index (κ1) is 15.0. The normalized spacial score (nSPS) is 11.3. The molecule has 0 spiro atoms. The molecule has 104 valence electrons. The molecule has 0 atom stereocenters. The molecule has 1 N–H and O–H groups in total. The zero-order chi connectivity index (χ0) is 13.7. The predicted octanol–water partition coefficient (Wildman–Crippen LogP) is 4.51. The molecule has 3 nitrogen and oxygen atoms in total. The number of H-pyrrole nitrogens is 1. The molecular weight excluding hydrogens is 371 g/mol. The number of aromatic nitrogens is 2. The van der Waals surface area contributed by atoms with Gasteiger partial charge in [-0.1, -0.05) is 13.3 Å². The fourth-order valence-corrected chi connectivity index (χ4v) is 2.82. The largest absolute Gasteiger partial charge is 0.381 e. The van der Waals surface area contributed by atoms with E-state index >= 15 is 0 Å². The van der Waals surface area contributed by atoms with E-state index in [-0.39, 0.29) is 0 Å². The molecule has 0 bridgehead atoms. The maximum atomic E-state index is 5.58. The monoisotopic (exact) mass is 390 g/mol. The number of nitrogens with zero attached hydrogens (tertiary/aromatic N) is 1. The van der Waals surface area contributed by atoms with E-state index in [0.717, 1.165) is 42.9 Å². The Bertz CT molecular complexity index is 591. The molecule has 0 saturated heterocycles. The highest BCUT2D eigenvalue weighted by Gasteiger charge is 2.04. The van der Waals surface area contributed by atoms with E-state index in [0.29, 0.717) is 0 Å². The lowest BCUT2D eigenvalue weighted by atomic mass is 10.3. The summed E-state index contributed by atoms with van der Waals surface area (Å²) in [5, 5.41) is 0. The minimum atomic E-state index is 0.797. The van der Waals surface area contributed by atoms with Crippen LogP contribution in [0.3, 0.4) is 0 Å². The third kappa shape index (κ3) is 4.03. The van der Waals surface area contributed by atoms with Gasteiger partial charge in [0.05, 0.1) is 11.0 Å². The SMILES string of the molecule is CCCCOCCCn1c(=S)[nH]c2cc(I)ccc21. The molecule has 1 aromatic heterocycles. The van der Waals surface area contributed by atoms with Gasteiger partial charge in [-0.25, -0.2) is 0 Å².